The Bertz CT molecular complexity index is 1620. The Morgan fingerprint density at radius 1 is 1.00 bits per heavy atom. The monoisotopic (exact) mass is 521 g/mol. The maximum Gasteiger partial charge on any atom is 0.322 e. The maximum absolute atomic E-state index is 14.1. The lowest BCUT2D eigenvalue weighted by molar-refractivity contribution is 0.194. The maximum atomic E-state index is 14.1. The van der Waals surface area contributed by atoms with Gasteiger partial charge in [-0.05, 0) is 66.9 Å². The van der Waals surface area contributed by atoms with Crippen LogP contribution in [0.3, 0.4) is 0 Å². The molecule has 38 heavy (non-hydrogen) atoms. The summed E-state index contributed by atoms with van der Waals surface area (Å²) in [5.74, 6) is 0.935. The zero-order chi connectivity index (χ0) is 26.2. The number of urea groups is 1. The van der Waals surface area contributed by atoms with Gasteiger partial charge in [-0.2, -0.15) is 5.10 Å². The van der Waals surface area contributed by atoms with Crippen molar-refractivity contribution < 1.29 is 4.79 Å². The molecule has 1 aliphatic rings. The Hall–Kier alpha value is -4.29. The minimum atomic E-state index is -0.367. The third-order valence-electron chi connectivity index (χ3n) is 7.15. The molecule has 3 heterocycles. The Morgan fingerprint density at radius 2 is 1.79 bits per heavy atom. The Labute approximate surface area is 227 Å². The van der Waals surface area contributed by atoms with Crippen LogP contribution in [0.15, 0.2) is 97.2 Å². The molecule has 2 amide bonds. The highest BCUT2D eigenvalue weighted by Crippen LogP contribution is 2.39. The summed E-state index contributed by atoms with van der Waals surface area (Å²) in [5, 5.41) is 8.75. The second-order valence-electron chi connectivity index (χ2n) is 9.46. The van der Waals surface area contributed by atoms with Crippen molar-refractivity contribution in [3.05, 3.63) is 130 Å². The molecule has 0 saturated carbocycles. The first-order valence-electron chi connectivity index (χ1n) is 12.8. The van der Waals surface area contributed by atoms with Gasteiger partial charge in [0.1, 0.15) is 5.82 Å². The third-order valence-corrected chi connectivity index (χ3v) is 7.39. The number of hydrogen-bond acceptors (Lipinski definition) is 2. The molecule has 0 spiro atoms. The van der Waals surface area contributed by atoms with Crippen LogP contribution in [0.4, 0.5) is 10.5 Å². The van der Waals surface area contributed by atoms with Gasteiger partial charge < -0.3 is 14.8 Å². The number of aromatic nitrogens is 3. The highest BCUT2D eigenvalue weighted by Gasteiger charge is 2.36. The topological polar surface area (TPSA) is 55.1 Å². The van der Waals surface area contributed by atoms with E-state index >= 15 is 0 Å². The van der Waals surface area contributed by atoms with Crippen molar-refractivity contribution in [2.45, 2.75) is 32.9 Å². The molecule has 1 N–H and O–H groups in total. The number of nitrogens with zero attached hydrogens (tertiary/aromatic N) is 4. The molecule has 1 atom stereocenters. The average Bonchev–Trinajstić information content (AvgIpc) is 3.49. The van der Waals surface area contributed by atoms with E-state index in [1.807, 2.05) is 108 Å². The molecule has 0 aliphatic carbocycles. The molecular formula is C31H28ClN5O. The van der Waals surface area contributed by atoms with Crippen molar-refractivity contribution in [2.75, 3.05) is 5.32 Å². The van der Waals surface area contributed by atoms with Gasteiger partial charge in [0.15, 0.2) is 0 Å². The smallest absolute Gasteiger partial charge is 0.308 e. The van der Waals surface area contributed by atoms with E-state index in [9.17, 15) is 4.79 Å². The average molecular weight is 522 g/mol. The summed E-state index contributed by atoms with van der Waals surface area (Å²) in [5.41, 5.74) is 6.65. The Balaban J connectivity index is 1.54. The van der Waals surface area contributed by atoms with Crippen LogP contribution in [-0.2, 0) is 13.0 Å². The first-order valence-corrected chi connectivity index (χ1v) is 13.2. The van der Waals surface area contributed by atoms with Gasteiger partial charge in [0.2, 0.25) is 0 Å². The van der Waals surface area contributed by atoms with Crippen LogP contribution in [0.5, 0.6) is 0 Å². The quantitative estimate of drug-likeness (QED) is 0.269. The van der Waals surface area contributed by atoms with E-state index in [0.29, 0.717) is 11.6 Å². The number of benzene rings is 3. The van der Waals surface area contributed by atoms with Gasteiger partial charge in [-0.25, -0.2) is 9.48 Å². The van der Waals surface area contributed by atoms with Crippen molar-refractivity contribution in [2.24, 2.45) is 0 Å². The Morgan fingerprint density at radius 3 is 2.58 bits per heavy atom. The SMILES string of the molecule is CCc1ccccc1NC(=O)N1Cc2c(C)nn(-c3ccccc3)c2-n2cccc2[C@@H]1c1cccc(Cl)c1. The second kappa shape index (κ2) is 9.88. The van der Waals surface area contributed by atoms with E-state index in [1.165, 1.54) is 0 Å². The zero-order valence-corrected chi connectivity index (χ0v) is 22.1. The summed E-state index contributed by atoms with van der Waals surface area (Å²) in [4.78, 5) is 16.0. The third kappa shape index (κ3) is 4.17. The number of halogens is 1. The number of rotatable bonds is 4. The minimum Gasteiger partial charge on any atom is -0.308 e. The lowest BCUT2D eigenvalue weighted by Gasteiger charge is -2.31. The molecule has 3 aromatic carbocycles. The molecule has 2 aromatic heterocycles. The first kappa shape index (κ1) is 24.1. The number of fused-ring (bicyclic) bond motifs is 3. The van der Waals surface area contributed by atoms with Gasteiger partial charge in [0.05, 0.1) is 29.7 Å². The van der Waals surface area contributed by atoms with Crippen LogP contribution < -0.4 is 5.32 Å². The highest BCUT2D eigenvalue weighted by atomic mass is 35.5. The van der Waals surface area contributed by atoms with Crippen LogP contribution in [-0.4, -0.2) is 25.3 Å². The van der Waals surface area contributed by atoms with Crippen molar-refractivity contribution in [3.63, 3.8) is 0 Å². The molecule has 7 heteroatoms. The number of nitrogens with one attached hydrogen (secondary N) is 1. The molecule has 0 unspecified atom stereocenters. The van der Waals surface area contributed by atoms with Gasteiger partial charge >= 0.3 is 6.03 Å². The van der Waals surface area contributed by atoms with Crippen molar-refractivity contribution in [3.8, 4) is 11.5 Å². The highest BCUT2D eigenvalue weighted by molar-refractivity contribution is 6.30. The van der Waals surface area contributed by atoms with E-state index in [0.717, 1.165) is 51.7 Å². The van der Waals surface area contributed by atoms with E-state index in [1.54, 1.807) is 0 Å². The van der Waals surface area contributed by atoms with Crippen LogP contribution in [0.25, 0.3) is 11.5 Å². The molecule has 190 valence electrons. The number of hydrogen-bond donors (Lipinski definition) is 1. The molecule has 0 fully saturated rings. The molecule has 6 nitrogen and oxygen atoms in total. The fourth-order valence-corrected chi connectivity index (χ4v) is 5.51. The lowest BCUT2D eigenvalue weighted by atomic mass is 10.0. The number of carbonyl (C=O) groups is 1. The molecule has 0 saturated heterocycles. The molecule has 0 bridgehead atoms. The summed E-state index contributed by atoms with van der Waals surface area (Å²) in [6.07, 6.45) is 2.87. The summed E-state index contributed by atoms with van der Waals surface area (Å²) in [6, 6.07) is 29.3. The van der Waals surface area contributed by atoms with Crippen molar-refractivity contribution in [1.29, 1.82) is 0 Å². The van der Waals surface area contributed by atoms with Gasteiger partial charge in [0, 0.05) is 22.5 Å². The second-order valence-corrected chi connectivity index (χ2v) is 9.90. The molecule has 6 rings (SSSR count). The van der Waals surface area contributed by atoms with E-state index in [4.69, 9.17) is 16.7 Å². The summed E-state index contributed by atoms with van der Waals surface area (Å²) in [7, 11) is 0. The van der Waals surface area contributed by atoms with Gasteiger partial charge in [-0.15, -0.1) is 0 Å². The predicted octanol–water partition coefficient (Wildman–Crippen LogP) is 7.32. The van der Waals surface area contributed by atoms with Crippen molar-refractivity contribution in [1.82, 2.24) is 19.2 Å². The van der Waals surface area contributed by atoms with Gasteiger partial charge in [0.25, 0.3) is 0 Å². The number of carbonyl (C=O) groups excluding carboxylic acids is 1. The summed E-state index contributed by atoms with van der Waals surface area (Å²) >= 11 is 6.46. The van der Waals surface area contributed by atoms with Gasteiger partial charge in [-0.1, -0.05) is 67.1 Å². The van der Waals surface area contributed by atoms with E-state index in [2.05, 4.69) is 22.9 Å². The van der Waals surface area contributed by atoms with E-state index in [-0.39, 0.29) is 12.1 Å². The van der Waals surface area contributed by atoms with Crippen LogP contribution in [0.1, 0.15) is 41.0 Å². The number of aryl methyl sites for hydroxylation is 2. The van der Waals surface area contributed by atoms with Crippen LogP contribution >= 0.6 is 11.6 Å². The van der Waals surface area contributed by atoms with Crippen molar-refractivity contribution >= 4 is 23.3 Å². The molecule has 0 radical (unpaired) electrons. The molecule has 5 aromatic rings. The normalized spacial score (nSPS) is 14.5. The molecule has 1 aliphatic heterocycles. The fraction of sp³-hybridized carbons (Fsp3) is 0.161. The standard InChI is InChI=1S/C31H28ClN5O/c1-3-22-11-7-8-16-27(22)33-31(38)36-20-26-21(2)34-37(25-14-5-4-6-15-25)30(26)35-18-10-17-28(35)29(36)23-12-9-13-24(32)19-23/h4-19,29H,3,20H2,1-2H3,(H,33,38)/t29-/m0/s1. The number of amides is 2. The number of para-hydroxylation sites is 2. The predicted molar refractivity (Wildman–Crippen MR) is 151 cm³/mol. The molecular weight excluding hydrogens is 494 g/mol. The largest absolute Gasteiger partial charge is 0.322 e. The zero-order valence-electron chi connectivity index (χ0n) is 21.3. The summed E-state index contributed by atoms with van der Waals surface area (Å²) in [6.45, 7) is 4.48. The first-order chi connectivity index (χ1) is 18.5. The minimum absolute atomic E-state index is 0.177. The number of anilines is 1. The van der Waals surface area contributed by atoms with E-state index < -0.39 is 0 Å². The van der Waals surface area contributed by atoms with Crippen LogP contribution in [0, 0.1) is 6.92 Å². The van der Waals surface area contributed by atoms with Gasteiger partial charge in [-0.3, -0.25) is 0 Å². The fourth-order valence-electron chi connectivity index (χ4n) is 5.31. The summed E-state index contributed by atoms with van der Waals surface area (Å²) < 4.78 is 4.12. The lowest BCUT2D eigenvalue weighted by Crippen LogP contribution is -2.38. The Kier molecular flexibility index (Phi) is 6.26. The van der Waals surface area contributed by atoms with Crippen LogP contribution in [0.2, 0.25) is 5.02 Å².